The summed E-state index contributed by atoms with van der Waals surface area (Å²) in [5, 5.41) is 9.21. The molecule has 0 spiro atoms. The van der Waals surface area contributed by atoms with Crippen molar-refractivity contribution in [1.82, 2.24) is 0 Å². The van der Waals surface area contributed by atoms with E-state index in [0.29, 0.717) is 37.3 Å². The van der Waals surface area contributed by atoms with Crippen LogP contribution in [0.4, 0.5) is 0 Å². The highest BCUT2D eigenvalue weighted by atomic mass is 79.9. The number of aliphatic carboxylic acids is 1. The van der Waals surface area contributed by atoms with Crippen LogP contribution in [0.3, 0.4) is 0 Å². The van der Waals surface area contributed by atoms with Crippen LogP contribution in [0.1, 0.15) is 58.3 Å². The number of hydrogen-bond donors (Lipinski definition) is 1. The zero-order valence-electron chi connectivity index (χ0n) is 21.8. The van der Waals surface area contributed by atoms with Crippen LogP contribution in [0.5, 0.6) is 17.2 Å². The zero-order chi connectivity index (χ0) is 28.1. The Morgan fingerprint density at radius 1 is 0.821 bits per heavy atom. The molecular weight excluding hydrogens is 624 g/mol. The Morgan fingerprint density at radius 2 is 1.36 bits per heavy atom. The first kappa shape index (κ1) is 28.6. The van der Waals surface area contributed by atoms with Gasteiger partial charge < -0.3 is 14.6 Å². The smallest absolute Gasteiger partial charge is 0.307 e. The summed E-state index contributed by atoms with van der Waals surface area (Å²) < 4.78 is 13.3. The van der Waals surface area contributed by atoms with Crippen LogP contribution < -0.4 is 9.47 Å². The Bertz CT molecular complexity index is 1420. The Hall–Kier alpha value is -3.42. The van der Waals surface area contributed by atoms with Crippen LogP contribution in [-0.2, 0) is 11.2 Å². The van der Waals surface area contributed by atoms with Crippen LogP contribution in [0.2, 0.25) is 0 Å². The van der Waals surface area contributed by atoms with E-state index in [1.54, 1.807) is 25.3 Å². The van der Waals surface area contributed by atoms with Gasteiger partial charge in [0.15, 0.2) is 11.5 Å². The number of carboxylic acid groups (broad SMARTS) is 1. The molecule has 0 radical (unpaired) electrons. The molecule has 0 aliphatic carbocycles. The highest BCUT2D eigenvalue weighted by Crippen LogP contribution is 2.43. The second-order valence-corrected chi connectivity index (χ2v) is 11.1. The first-order valence-corrected chi connectivity index (χ1v) is 14.0. The third kappa shape index (κ3) is 6.60. The lowest BCUT2D eigenvalue weighted by molar-refractivity contribution is -0.136. The Morgan fingerprint density at radius 3 is 1.82 bits per heavy atom. The molecule has 0 aromatic heterocycles. The summed E-state index contributed by atoms with van der Waals surface area (Å²) in [6.45, 7) is 4.10. The lowest BCUT2D eigenvalue weighted by atomic mass is 9.84. The second-order valence-electron chi connectivity index (χ2n) is 9.42. The molecule has 1 N–H and O–H groups in total. The van der Waals surface area contributed by atoms with E-state index >= 15 is 0 Å². The van der Waals surface area contributed by atoms with Crippen molar-refractivity contribution in [2.75, 3.05) is 7.11 Å². The van der Waals surface area contributed by atoms with E-state index in [1.165, 1.54) is 0 Å². The fraction of sp³-hybridized carbons (Fsp3) is 0.188. The molecule has 39 heavy (non-hydrogen) atoms. The number of hydrogen-bond acceptors (Lipinski definition) is 4. The maximum atomic E-state index is 14.4. The molecule has 7 heteroatoms. The zero-order valence-corrected chi connectivity index (χ0v) is 25.0. The minimum Gasteiger partial charge on any atom is -0.496 e. The summed E-state index contributed by atoms with van der Waals surface area (Å²) in [5.74, 6) is -0.0894. The summed E-state index contributed by atoms with van der Waals surface area (Å²) in [5.41, 5.74) is 3.62. The fourth-order valence-corrected chi connectivity index (χ4v) is 5.96. The van der Waals surface area contributed by atoms with Crippen LogP contribution in [0.25, 0.3) is 0 Å². The van der Waals surface area contributed by atoms with E-state index in [9.17, 15) is 14.7 Å². The standard InChI is InChI=1S/C32H28Br2O5/c1-19(2)23-17-28(39-32-25(33)14-20(15-26(32)34)16-29(35)36)24(18-27(23)38-3)31(37)30(21-10-6-4-7-11-21)22-12-8-5-9-13-22/h4-15,17-19,30H,16H2,1-3H3,(H,35,36). The van der Waals surface area contributed by atoms with Gasteiger partial charge in [-0.25, -0.2) is 0 Å². The Balaban J connectivity index is 1.88. The van der Waals surface area contributed by atoms with E-state index < -0.39 is 11.9 Å². The van der Waals surface area contributed by atoms with Gasteiger partial charge in [0.25, 0.3) is 0 Å². The number of carbonyl (C=O) groups excluding carboxylic acids is 1. The van der Waals surface area contributed by atoms with Crippen LogP contribution in [-0.4, -0.2) is 24.0 Å². The molecule has 0 aliphatic heterocycles. The third-order valence-electron chi connectivity index (χ3n) is 6.37. The van der Waals surface area contributed by atoms with E-state index in [-0.39, 0.29) is 18.1 Å². The van der Waals surface area contributed by atoms with Crippen LogP contribution in [0.15, 0.2) is 93.9 Å². The topological polar surface area (TPSA) is 72.8 Å². The number of benzene rings is 4. The fourth-order valence-electron chi connectivity index (χ4n) is 4.52. The summed E-state index contributed by atoms with van der Waals surface area (Å²) in [4.78, 5) is 25.7. The number of ether oxygens (including phenoxy) is 2. The Kier molecular flexibility index (Phi) is 9.25. The van der Waals surface area contributed by atoms with E-state index in [0.717, 1.165) is 16.7 Å². The second kappa shape index (κ2) is 12.6. The third-order valence-corrected chi connectivity index (χ3v) is 7.55. The first-order chi connectivity index (χ1) is 18.7. The number of halogens is 2. The van der Waals surface area contributed by atoms with Crippen molar-refractivity contribution in [3.05, 3.63) is 122 Å². The van der Waals surface area contributed by atoms with Gasteiger partial charge in [-0.05, 0) is 78.7 Å². The molecule has 4 rings (SSSR count). The number of rotatable bonds is 10. The van der Waals surface area contributed by atoms with Crippen molar-refractivity contribution in [2.45, 2.75) is 32.1 Å². The van der Waals surface area contributed by atoms with Crippen LogP contribution in [0, 0.1) is 0 Å². The quantitative estimate of drug-likeness (QED) is 0.174. The van der Waals surface area contributed by atoms with Crippen molar-refractivity contribution in [3.8, 4) is 17.2 Å². The maximum Gasteiger partial charge on any atom is 0.307 e. The lowest BCUT2D eigenvalue weighted by Gasteiger charge is -2.22. The van der Waals surface area contributed by atoms with Gasteiger partial charge in [-0.3, -0.25) is 9.59 Å². The van der Waals surface area contributed by atoms with Gasteiger partial charge in [-0.1, -0.05) is 74.5 Å². The van der Waals surface area contributed by atoms with Gasteiger partial charge in [-0.2, -0.15) is 0 Å². The molecule has 0 heterocycles. The first-order valence-electron chi connectivity index (χ1n) is 12.4. The molecule has 5 nitrogen and oxygen atoms in total. The van der Waals surface area contributed by atoms with Crippen molar-refractivity contribution >= 4 is 43.6 Å². The van der Waals surface area contributed by atoms with Crippen molar-refractivity contribution in [1.29, 1.82) is 0 Å². The van der Waals surface area contributed by atoms with E-state index in [4.69, 9.17) is 9.47 Å². The highest BCUT2D eigenvalue weighted by Gasteiger charge is 2.29. The Labute approximate surface area is 245 Å². The number of carbonyl (C=O) groups is 2. The minimum atomic E-state index is -0.931. The molecule has 0 unspecified atom stereocenters. The van der Waals surface area contributed by atoms with E-state index in [2.05, 4.69) is 31.9 Å². The van der Waals surface area contributed by atoms with Gasteiger partial charge in [0.2, 0.25) is 0 Å². The lowest BCUT2D eigenvalue weighted by Crippen LogP contribution is -2.16. The van der Waals surface area contributed by atoms with Crippen molar-refractivity contribution in [2.24, 2.45) is 0 Å². The van der Waals surface area contributed by atoms with Gasteiger partial charge in [0.05, 0.1) is 34.0 Å². The van der Waals surface area contributed by atoms with E-state index in [1.807, 2.05) is 80.6 Å². The van der Waals surface area contributed by atoms with Gasteiger partial charge >= 0.3 is 5.97 Å². The highest BCUT2D eigenvalue weighted by molar-refractivity contribution is 9.11. The summed E-state index contributed by atoms with van der Waals surface area (Å²) >= 11 is 7.05. The van der Waals surface area contributed by atoms with Crippen molar-refractivity contribution in [3.63, 3.8) is 0 Å². The van der Waals surface area contributed by atoms with Crippen LogP contribution >= 0.6 is 31.9 Å². The maximum absolute atomic E-state index is 14.4. The summed E-state index contributed by atoms with van der Waals surface area (Å²) in [7, 11) is 1.59. The largest absolute Gasteiger partial charge is 0.496 e. The SMILES string of the molecule is COc1cc(C(=O)C(c2ccccc2)c2ccccc2)c(Oc2c(Br)cc(CC(=O)O)cc2Br)cc1C(C)C. The average molecular weight is 652 g/mol. The monoisotopic (exact) mass is 650 g/mol. The number of Topliss-reactive ketones (excluding diaryl/α,β-unsaturated/α-hetero) is 1. The molecule has 4 aromatic carbocycles. The molecule has 0 fully saturated rings. The normalized spacial score (nSPS) is 11.1. The summed E-state index contributed by atoms with van der Waals surface area (Å²) in [6.07, 6.45) is -0.128. The summed E-state index contributed by atoms with van der Waals surface area (Å²) in [6, 6.07) is 26.4. The molecular formula is C32H28Br2O5. The van der Waals surface area contributed by atoms with Gasteiger partial charge in [0.1, 0.15) is 11.5 Å². The molecule has 0 saturated heterocycles. The molecule has 4 aromatic rings. The predicted octanol–water partition coefficient (Wildman–Crippen LogP) is 8.78. The molecule has 0 amide bonds. The van der Waals surface area contributed by atoms with Gasteiger partial charge in [-0.15, -0.1) is 0 Å². The van der Waals surface area contributed by atoms with Gasteiger partial charge in [0, 0.05) is 5.56 Å². The molecule has 0 atom stereocenters. The molecule has 0 bridgehead atoms. The average Bonchev–Trinajstić information content (AvgIpc) is 2.91. The number of ketones is 1. The van der Waals surface area contributed by atoms with Crippen molar-refractivity contribution < 1.29 is 24.2 Å². The predicted molar refractivity (Wildman–Crippen MR) is 159 cm³/mol. The number of methoxy groups -OCH3 is 1. The number of carboxylic acids is 1. The molecule has 200 valence electrons. The minimum absolute atomic E-state index is 0.107. The molecule has 0 aliphatic rings. The molecule has 0 saturated carbocycles.